The molecule has 14 heavy (non-hydrogen) atoms. The molecule has 0 amide bonds. The first kappa shape index (κ1) is 8.97. The van der Waals surface area contributed by atoms with Crippen LogP contribution in [-0.2, 0) is 0 Å². The molecule has 2 heterocycles. The predicted molar refractivity (Wildman–Crippen MR) is 51.7 cm³/mol. The Morgan fingerprint density at radius 3 is 2.93 bits per heavy atom. The van der Waals surface area contributed by atoms with Crippen LogP contribution in [0.15, 0.2) is 41.1 Å². The number of pyridine rings is 1. The van der Waals surface area contributed by atoms with Gasteiger partial charge in [-0.1, -0.05) is 0 Å². The van der Waals surface area contributed by atoms with E-state index in [4.69, 9.17) is 4.42 Å². The van der Waals surface area contributed by atoms with Gasteiger partial charge in [-0.15, -0.1) is 0 Å². The second kappa shape index (κ2) is 3.64. The summed E-state index contributed by atoms with van der Waals surface area (Å²) in [6, 6.07) is 7.13. The standard InChI is InChI=1S/C11H11NO2/c1-8-7-9(4-5-12-8)11(13)10-3-2-6-14-10/h2-7,11,13H,1H3. The van der Waals surface area contributed by atoms with E-state index in [9.17, 15) is 5.11 Å². The molecule has 0 saturated heterocycles. The fraction of sp³-hybridized carbons (Fsp3) is 0.182. The summed E-state index contributed by atoms with van der Waals surface area (Å²) < 4.78 is 5.12. The third kappa shape index (κ3) is 1.67. The molecule has 3 nitrogen and oxygen atoms in total. The third-order valence-corrected chi connectivity index (χ3v) is 2.05. The monoisotopic (exact) mass is 189 g/mol. The summed E-state index contributed by atoms with van der Waals surface area (Å²) in [5.41, 5.74) is 1.68. The highest BCUT2D eigenvalue weighted by Crippen LogP contribution is 2.21. The molecule has 0 aliphatic carbocycles. The van der Waals surface area contributed by atoms with Crippen LogP contribution in [0.1, 0.15) is 23.1 Å². The van der Waals surface area contributed by atoms with Crippen LogP contribution >= 0.6 is 0 Å². The number of aliphatic hydroxyl groups excluding tert-OH is 1. The van der Waals surface area contributed by atoms with Gasteiger partial charge < -0.3 is 9.52 Å². The Morgan fingerprint density at radius 1 is 1.43 bits per heavy atom. The highest BCUT2D eigenvalue weighted by molar-refractivity contribution is 5.24. The van der Waals surface area contributed by atoms with Gasteiger partial charge in [-0.25, -0.2) is 0 Å². The van der Waals surface area contributed by atoms with Crippen LogP contribution in [0.3, 0.4) is 0 Å². The molecule has 0 aromatic carbocycles. The molecule has 0 saturated carbocycles. The first-order chi connectivity index (χ1) is 6.77. The molecule has 1 unspecified atom stereocenters. The van der Waals surface area contributed by atoms with E-state index in [1.165, 1.54) is 0 Å². The molecule has 1 N–H and O–H groups in total. The summed E-state index contributed by atoms with van der Waals surface area (Å²) in [5, 5.41) is 9.88. The molecule has 2 rings (SSSR count). The summed E-state index contributed by atoms with van der Waals surface area (Å²) in [6.45, 7) is 1.89. The predicted octanol–water partition coefficient (Wildman–Crippen LogP) is 2.06. The zero-order chi connectivity index (χ0) is 9.97. The van der Waals surface area contributed by atoms with E-state index in [-0.39, 0.29) is 0 Å². The van der Waals surface area contributed by atoms with Crippen molar-refractivity contribution >= 4 is 0 Å². The second-order valence-electron chi connectivity index (χ2n) is 3.15. The van der Waals surface area contributed by atoms with Crippen LogP contribution in [0.2, 0.25) is 0 Å². The molecule has 0 spiro atoms. The summed E-state index contributed by atoms with van der Waals surface area (Å²) >= 11 is 0. The van der Waals surface area contributed by atoms with Crippen molar-refractivity contribution in [2.24, 2.45) is 0 Å². The maximum atomic E-state index is 9.88. The van der Waals surface area contributed by atoms with Gasteiger partial charge >= 0.3 is 0 Å². The average Bonchev–Trinajstić information content (AvgIpc) is 2.69. The normalized spacial score (nSPS) is 12.7. The molecule has 72 valence electrons. The van der Waals surface area contributed by atoms with Gasteiger partial charge in [0.1, 0.15) is 11.9 Å². The number of furan rings is 1. The quantitative estimate of drug-likeness (QED) is 0.786. The molecular formula is C11H11NO2. The van der Waals surface area contributed by atoms with Crippen molar-refractivity contribution in [2.75, 3.05) is 0 Å². The van der Waals surface area contributed by atoms with Gasteiger partial charge in [0.15, 0.2) is 0 Å². The Hall–Kier alpha value is -1.61. The SMILES string of the molecule is Cc1cc(C(O)c2ccco2)ccn1. The Morgan fingerprint density at radius 2 is 2.29 bits per heavy atom. The second-order valence-corrected chi connectivity index (χ2v) is 3.15. The Kier molecular flexibility index (Phi) is 2.33. The molecule has 2 aromatic heterocycles. The minimum Gasteiger partial charge on any atom is -0.466 e. The number of hydrogen-bond acceptors (Lipinski definition) is 3. The van der Waals surface area contributed by atoms with Crippen molar-refractivity contribution in [1.29, 1.82) is 0 Å². The summed E-state index contributed by atoms with van der Waals surface area (Å²) in [4.78, 5) is 4.06. The van der Waals surface area contributed by atoms with Crippen molar-refractivity contribution in [2.45, 2.75) is 13.0 Å². The van der Waals surface area contributed by atoms with Gasteiger partial charge in [-0.3, -0.25) is 4.98 Å². The van der Waals surface area contributed by atoms with E-state index in [0.717, 1.165) is 11.3 Å². The zero-order valence-electron chi connectivity index (χ0n) is 7.84. The highest BCUT2D eigenvalue weighted by atomic mass is 16.4. The van der Waals surface area contributed by atoms with Crippen molar-refractivity contribution in [3.05, 3.63) is 53.7 Å². The van der Waals surface area contributed by atoms with Gasteiger partial charge in [0.05, 0.1) is 6.26 Å². The van der Waals surface area contributed by atoms with Gasteiger partial charge in [0.25, 0.3) is 0 Å². The summed E-state index contributed by atoms with van der Waals surface area (Å²) in [7, 11) is 0. The van der Waals surface area contributed by atoms with E-state index >= 15 is 0 Å². The number of aliphatic hydroxyl groups is 1. The Balaban J connectivity index is 2.32. The smallest absolute Gasteiger partial charge is 0.137 e. The lowest BCUT2D eigenvalue weighted by atomic mass is 10.1. The van der Waals surface area contributed by atoms with E-state index in [1.54, 1.807) is 30.7 Å². The zero-order valence-corrected chi connectivity index (χ0v) is 7.84. The molecule has 2 aromatic rings. The van der Waals surface area contributed by atoms with Crippen molar-refractivity contribution in [1.82, 2.24) is 4.98 Å². The van der Waals surface area contributed by atoms with Crippen molar-refractivity contribution in [3.63, 3.8) is 0 Å². The van der Waals surface area contributed by atoms with Crippen LogP contribution < -0.4 is 0 Å². The maximum Gasteiger partial charge on any atom is 0.137 e. The number of rotatable bonds is 2. The Labute approximate surface area is 82.0 Å². The summed E-state index contributed by atoms with van der Waals surface area (Å²) in [6.07, 6.45) is 2.52. The number of nitrogens with zero attached hydrogens (tertiary/aromatic N) is 1. The lowest BCUT2D eigenvalue weighted by Crippen LogP contribution is -1.98. The van der Waals surface area contributed by atoms with Gasteiger partial charge in [-0.2, -0.15) is 0 Å². The van der Waals surface area contributed by atoms with Gasteiger partial charge in [0.2, 0.25) is 0 Å². The largest absolute Gasteiger partial charge is 0.466 e. The molecule has 0 fully saturated rings. The molecule has 0 bridgehead atoms. The molecule has 0 aliphatic rings. The van der Waals surface area contributed by atoms with Crippen LogP contribution in [-0.4, -0.2) is 10.1 Å². The topological polar surface area (TPSA) is 46.3 Å². The minimum atomic E-state index is -0.702. The molecular weight excluding hydrogens is 178 g/mol. The van der Waals surface area contributed by atoms with E-state index in [1.807, 2.05) is 13.0 Å². The fourth-order valence-electron chi connectivity index (χ4n) is 1.35. The maximum absolute atomic E-state index is 9.88. The van der Waals surface area contributed by atoms with Crippen LogP contribution in [0.5, 0.6) is 0 Å². The molecule has 3 heteroatoms. The van der Waals surface area contributed by atoms with E-state index in [2.05, 4.69) is 4.98 Å². The van der Waals surface area contributed by atoms with Crippen molar-refractivity contribution < 1.29 is 9.52 Å². The van der Waals surface area contributed by atoms with Gasteiger partial charge in [-0.05, 0) is 36.8 Å². The minimum absolute atomic E-state index is 0.551. The third-order valence-electron chi connectivity index (χ3n) is 2.05. The van der Waals surface area contributed by atoms with Crippen molar-refractivity contribution in [3.8, 4) is 0 Å². The first-order valence-electron chi connectivity index (χ1n) is 4.41. The lowest BCUT2D eigenvalue weighted by Gasteiger charge is -2.07. The average molecular weight is 189 g/mol. The first-order valence-corrected chi connectivity index (χ1v) is 4.41. The molecule has 1 atom stereocenters. The lowest BCUT2D eigenvalue weighted by molar-refractivity contribution is 0.189. The van der Waals surface area contributed by atoms with Crippen LogP contribution in [0.25, 0.3) is 0 Å². The van der Waals surface area contributed by atoms with E-state index in [0.29, 0.717) is 5.76 Å². The van der Waals surface area contributed by atoms with Crippen LogP contribution in [0.4, 0.5) is 0 Å². The number of aromatic nitrogens is 1. The Bertz CT molecular complexity index is 409. The molecule has 0 aliphatic heterocycles. The van der Waals surface area contributed by atoms with Crippen LogP contribution in [0, 0.1) is 6.92 Å². The van der Waals surface area contributed by atoms with E-state index < -0.39 is 6.10 Å². The summed E-state index contributed by atoms with van der Waals surface area (Å²) in [5.74, 6) is 0.551. The number of hydrogen-bond donors (Lipinski definition) is 1. The fourth-order valence-corrected chi connectivity index (χ4v) is 1.35. The number of aryl methyl sites for hydroxylation is 1. The van der Waals surface area contributed by atoms with Gasteiger partial charge in [0, 0.05) is 11.9 Å². The molecule has 0 radical (unpaired) electrons. The highest BCUT2D eigenvalue weighted by Gasteiger charge is 2.12.